The van der Waals surface area contributed by atoms with Crippen molar-refractivity contribution in [2.24, 2.45) is 5.73 Å². The highest BCUT2D eigenvalue weighted by atomic mass is 15.1. The SMILES string of the molecule is NCCc1cncn1C(c1ccccc1)(c1ccccc1)c1ccccc1. The molecule has 0 aliphatic rings. The van der Waals surface area contributed by atoms with Crippen LogP contribution in [0.5, 0.6) is 0 Å². The van der Waals surface area contributed by atoms with Crippen LogP contribution in [0.1, 0.15) is 22.4 Å². The second-order valence-corrected chi connectivity index (χ2v) is 6.60. The maximum absolute atomic E-state index is 5.91. The summed E-state index contributed by atoms with van der Waals surface area (Å²) in [6.45, 7) is 0.583. The lowest BCUT2D eigenvalue weighted by Gasteiger charge is -2.38. The van der Waals surface area contributed by atoms with Crippen LogP contribution in [0.25, 0.3) is 0 Å². The third-order valence-corrected chi connectivity index (χ3v) is 5.05. The zero-order valence-electron chi connectivity index (χ0n) is 15.2. The van der Waals surface area contributed by atoms with Gasteiger partial charge in [0.25, 0.3) is 0 Å². The van der Waals surface area contributed by atoms with Crippen molar-refractivity contribution in [2.45, 2.75) is 12.0 Å². The zero-order chi connectivity index (χ0) is 18.5. The largest absolute Gasteiger partial charge is 0.330 e. The van der Waals surface area contributed by atoms with E-state index < -0.39 is 5.54 Å². The van der Waals surface area contributed by atoms with Gasteiger partial charge in [0.05, 0.1) is 6.33 Å². The van der Waals surface area contributed by atoms with Gasteiger partial charge in [-0.25, -0.2) is 4.98 Å². The van der Waals surface area contributed by atoms with Gasteiger partial charge in [0, 0.05) is 18.3 Å². The van der Waals surface area contributed by atoms with E-state index in [1.165, 1.54) is 16.7 Å². The van der Waals surface area contributed by atoms with E-state index in [4.69, 9.17) is 5.73 Å². The molecule has 27 heavy (non-hydrogen) atoms. The second-order valence-electron chi connectivity index (χ2n) is 6.60. The smallest absolute Gasteiger partial charge is 0.121 e. The lowest BCUT2D eigenvalue weighted by atomic mass is 9.76. The third-order valence-electron chi connectivity index (χ3n) is 5.05. The van der Waals surface area contributed by atoms with Crippen molar-refractivity contribution in [1.82, 2.24) is 9.55 Å². The van der Waals surface area contributed by atoms with E-state index in [0.717, 1.165) is 12.1 Å². The maximum atomic E-state index is 5.91. The number of aromatic nitrogens is 2. The minimum Gasteiger partial charge on any atom is -0.330 e. The third kappa shape index (κ3) is 2.96. The molecular formula is C24H23N3. The quantitative estimate of drug-likeness (QED) is 0.527. The normalized spacial score (nSPS) is 11.4. The molecule has 0 saturated carbocycles. The highest BCUT2D eigenvalue weighted by molar-refractivity contribution is 5.51. The lowest BCUT2D eigenvalue weighted by Crippen LogP contribution is -2.38. The number of nitrogens with two attached hydrogens (primary N) is 1. The summed E-state index contributed by atoms with van der Waals surface area (Å²) >= 11 is 0. The van der Waals surface area contributed by atoms with E-state index in [0.29, 0.717) is 6.54 Å². The molecule has 0 bridgehead atoms. The Kier molecular flexibility index (Phi) is 4.86. The zero-order valence-corrected chi connectivity index (χ0v) is 15.2. The van der Waals surface area contributed by atoms with E-state index in [1.54, 1.807) is 0 Å². The van der Waals surface area contributed by atoms with Crippen molar-refractivity contribution in [1.29, 1.82) is 0 Å². The minimum absolute atomic E-state index is 0.509. The summed E-state index contributed by atoms with van der Waals surface area (Å²) in [4.78, 5) is 4.49. The molecule has 2 N–H and O–H groups in total. The molecule has 3 heteroatoms. The average molecular weight is 353 g/mol. The van der Waals surface area contributed by atoms with Gasteiger partial charge in [0.1, 0.15) is 5.54 Å². The van der Waals surface area contributed by atoms with E-state index >= 15 is 0 Å². The predicted molar refractivity (Wildman–Crippen MR) is 110 cm³/mol. The van der Waals surface area contributed by atoms with E-state index in [9.17, 15) is 0 Å². The van der Waals surface area contributed by atoms with Gasteiger partial charge < -0.3 is 10.3 Å². The number of rotatable bonds is 6. The molecule has 3 nitrogen and oxygen atoms in total. The summed E-state index contributed by atoms with van der Waals surface area (Å²) in [5, 5.41) is 0. The predicted octanol–water partition coefficient (Wildman–Crippen LogP) is 4.22. The summed E-state index contributed by atoms with van der Waals surface area (Å²) in [5.74, 6) is 0. The molecule has 0 radical (unpaired) electrons. The van der Waals surface area contributed by atoms with Crippen molar-refractivity contribution < 1.29 is 0 Å². The fourth-order valence-electron chi connectivity index (χ4n) is 3.91. The molecule has 0 saturated heterocycles. The van der Waals surface area contributed by atoms with Crippen LogP contribution in [0.4, 0.5) is 0 Å². The Balaban J connectivity index is 2.12. The van der Waals surface area contributed by atoms with Gasteiger partial charge in [-0.2, -0.15) is 0 Å². The number of nitrogens with zero attached hydrogens (tertiary/aromatic N) is 2. The first kappa shape index (κ1) is 17.3. The molecule has 1 aromatic heterocycles. The highest BCUT2D eigenvalue weighted by Crippen LogP contribution is 2.41. The number of benzene rings is 3. The summed E-state index contributed by atoms with van der Waals surface area (Å²) in [6.07, 6.45) is 4.63. The summed E-state index contributed by atoms with van der Waals surface area (Å²) in [6, 6.07) is 31.8. The first-order chi connectivity index (χ1) is 13.4. The highest BCUT2D eigenvalue weighted by Gasteiger charge is 2.39. The average Bonchev–Trinajstić information content (AvgIpc) is 3.20. The summed E-state index contributed by atoms with van der Waals surface area (Å²) in [7, 11) is 0. The Hall–Kier alpha value is -3.17. The number of hydrogen-bond acceptors (Lipinski definition) is 2. The van der Waals surface area contributed by atoms with E-state index in [1.807, 2.05) is 12.5 Å². The molecule has 0 fully saturated rings. The fourth-order valence-corrected chi connectivity index (χ4v) is 3.91. The molecule has 134 valence electrons. The molecule has 4 rings (SSSR count). The van der Waals surface area contributed by atoms with Crippen LogP contribution in [0.2, 0.25) is 0 Å². The number of hydrogen-bond donors (Lipinski definition) is 1. The van der Waals surface area contributed by atoms with Gasteiger partial charge in [-0.3, -0.25) is 0 Å². The van der Waals surface area contributed by atoms with Crippen molar-refractivity contribution in [3.8, 4) is 0 Å². The van der Waals surface area contributed by atoms with Gasteiger partial charge in [-0.05, 0) is 23.2 Å². The van der Waals surface area contributed by atoms with E-state index in [-0.39, 0.29) is 0 Å². The van der Waals surface area contributed by atoms with Crippen LogP contribution >= 0.6 is 0 Å². The molecule has 0 aliphatic carbocycles. The van der Waals surface area contributed by atoms with Crippen molar-refractivity contribution in [2.75, 3.05) is 6.54 Å². The van der Waals surface area contributed by atoms with Crippen LogP contribution in [-0.4, -0.2) is 16.1 Å². The van der Waals surface area contributed by atoms with Crippen molar-refractivity contribution in [3.05, 3.63) is 126 Å². The van der Waals surface area contributed by atoms with Gasteiger partial charge >= 0.3 is 0 Å². The van der Waals surface area contributed by atoms with Crippen LogP contribution in [0.15, 0.2) is 104 Å². The van der Waals surface area contributed by atoms with Gasteiger partial charge in [-0.1, -0.05) is 91.0 Å². The van der Waals surface area contributed by atoms with Crippen LogP contribution in [-0.2, 0) is 12.0 Å². The molecule has 1 heterocycles. The number of imidazole rings is 1. The Morgan fingerprint density at radius 3 is 1.56 bits per heavy atom. The Morgan fingerprint density at radius 1 is 0.704 bits per heavy atom. The Morgan fingerprint density at radius 2 is 1.15 bits per heavy atom. The van der Waals surface area contributed by atoms with Gasteiger partial charge in [0.15, 0.2) is 0 Å². The maximum Gasteiger partial charge on any atom is 0.121 e. The topological polar surface area (TPSA) is 43.8 Å². The summed E-state index contributed by atoms with van der Waals surface area (Å²) < 4.78 is 2.28. The first-order valence-corrected chi connectivity index (χ1v) is 9.25. The molecule has 0 amide bonds. The van der Waals surface area contributed by atoms with E-state index in [2.05, 4.69) is 101 Å². The molecule has 0 atom stereocenters. The van der Waals surface area contributed by atoms with Gasteiger partial charge in [0.2, 0.25) is 0 Å². The lowest BCUT2D eigenvalue weighted by molar-refractivity contribution is 0.496. The van der Waals surface area contributed by atoms with Crippen LogP contribution in [0.3, 0.4) is 0 Å². The van der Waals surface area contributed by atoms with Crippen LogP contribution < -0.4 is 5.73 Å². The van der Waals surface area contributed by atoms with Crippen molar-refractivity contribution in [3.63, 3.8) is 0 Å². The van der Waals surface area contributed by atoms with Crippen molar-refractivity contribution >= 4 is 0 Å². The molecule has 3 aromatic carbocycles. The Bertz CT molecular complexity index is 879. The van der Waals surface area contributed by atoms with Crippen LogP contribution in [0, 0.1) is 0 Å². The second kappa shape index (κ2) is 7.60. The molecule has 4 aromatic rings. The molecular weight excluding hydrogens is 330 g/mol. The monoisotopic (exact) mass is 353 g/mol. The van der Waals surface area contributed by atoms with Gasteiger partial charge in [-0.15, -0.1) is 0 Å². The fraction of sp³-hybridized carbons (Fsp3) is 0.125. The standard InChI is InChI=1S/C24H23N3/c25-17-16-23-18-26-19-27(23)24(20-10-4-1-5-11-20,21-12-6-2-7-13-21)22-14-8-3-9-15-22/h1-15,18-19H,16-17,25H2. The molecule has 0 spiro atoms. The molecule has 0 aliphatic heterocycles. The molecule has 0 unspecified atom stereocenters. The first-order valence-electron chi connectivity index (χ1n) is 9.25. The minimum atomic E-state index is -0.509. The summed E-state index contributed by atoms with van der Waals surface area (Å²) in [5.41, 5.74) is 10.1. The Labute approximate surface area is 160 Å².